The summed E-state index contributed by atoms with van der Waals surface area (Å²) in [4.78, 5) is 23.6. The third kappa shape index (κ3) is 2.30. The van der Waals surface area contributed by atoms with Crippen LogP contribution in [0.2, 0.25) is 0 Å². The van der Waals surface area contributed by atoms with Crippen molar-refractivity contribution in [3.05, 3.63) is 32.4 Å². The molecule has 0 aliphatic heterocycles. The molecule has 0 fully saturated rings. The lowest BCUT2D eigenvalue weighted by Crippen LogP contribution is -2.33. The first kappa shape index (κ1) is 13.5. The predicted octanol–water partition coefficient (Wildman–Crippen LogP) is 2.77. The van der Waals surface area contributed by atoms with Gasteiger partial charge in [0.2, 0.25) is 0 Å². The molecular weight excluding hydrogens is 343 g/mol. The first-order valence-corrected chi connectivity index (χ1v) is 6.86. The first-order chi connectivity index (χ1) is 8.35. The van der Waals surface area contributed by atoms with Crippen LogP contribution in [0.5, 0.6) is 0 Å². The zero-order valence-corrected chi connectivity index (χ0v) is 12.8. The molecule has 2 rings (SSSR count). The van der Waals surface area contributed by atoms with Gasteiger partial charge in [0.15, 0.2) is 0 Å². The van der Waals surface area contributed by atoms with Crippen molar-refractivity contribution in [2.45, 2.75) is 26.7 Å². The summed E-state index contributed by atoms with van der Waals surface area (Å²) in [6.07, 6.45) is 1.14. The molecular formula is C14H15IO3. The highest BCUT2D eigenvalue weighted by Gasteiger charge is 2.34. The number of benzene rings is 1. The quantitative estimate of drug-likeness (QED) is 0.573. The Morgan fingerprint density at radius 3 is 2.61 bits per heavy atom. The molecule has 0 heterocycles. The summed E-state index contributed by atoms with van der Waals surface area (Å²) in [5.74, 6) is -0.119. The average Bonchev–Trinajstić information content (AvgIpc) is 2.29. The van der Waals surface area contributed by atoms with Crippen molar-refractivity contribution in [1.29, 1.82) is 0 Å². The van der Waals surface area contributed by atoms with Crippen molar-refractivity contribution < 1.29 is 14.3 Å². The molecule has 0 aromatic heterocycles. The Hall–Kier alpha value is -0.910. The molecule has 1 aliphatic carbocycles. The summed E-state index contributed by atoms with van der Waals surface area (Å²) < 4.78 is 5.63. The lowest BCUT2D eigenvalue weighted by molar-refractivity contribution is -0.127. The highest BCUT2D eigenvalue weighted by molar-refractivity contribution is 14.1. The van der Waals surface area contributed by atoms with Crippen LogP contribution in [0.15, 0.2) is 12.1 Å². The third-order valence-electron chi connectivity index (χ3n) is 3.43. The fourth-order valence-corrected chi connectivity index (χ4v) is 2.99. The third-order valence-corrected chi connectivity index (χ3v) is 4.33. The van der Waals surface area contributed by atoms with Crippen molar-refractivity contribution in [3.8, 4) is 0 Å². The molecule has 4 heteroatoms. The van der Waals surface area contributed by atoms with E-state index in [0.29, 0.717) is 12.0 Å². The van der Waals surface area contributed by atoms with Gasteiger partial charge < -0.3 is 4.74 Å². The first-order valence-electron chi connectivity index (χ1n) is 5.78. The number of rotatable bonds is 1. The summed E-state index contributed by atoms with van der Waals surface area (Å²) in [5.41, 5.74) is 2.37. The van der Waals surface area contributed by atoms with Gasteiger partial charge in [0.1, 0.15) is 5.78 Å². The zero-order chi connectivity index (χ0) is 13.5. The molecule has 0 radical (unpaired) electrons. The van der Waals surface area contributed by atoms with Crippen LogP contribution in [0.1, 0.15) is 35.3 Å². The standard InChI is InChI=1S/C14H15IO3/c1-14(2)7-9-5-11(15)10(13(17)18-3)4-8(9)6-12(14)16/h4-5H,6-7H2,1-3H3. The number of carbonyl (C=O) groups excluding carboxylic acids is 2. The summed E-state index contributed by atoms with van der Waals surface area (Å²) in [6, 6.07) is 3.80. The molecule has 1 aromatic carbocycles. The SMILES string of the molecule is COC(=O)c1cc2c(cc1I)CC(C)(C)C(=O)C2. The van der Waals surface area contributed by atoms with E-state index in [2.05, 4.69) is 22.6 Å². The van der Waals surface area contributed by atoms with E-state index in [-0.39, 0.29) is 17.2 Å². The maximum atomic E-state index is 12.0. The van der Waals surface area contributed by atoms with Crippen molar-refractivity contribution in [2.75, 3.05) is 7.11 Å². The lowest BCUT2D eigenvalue weighted by Gasteiger charge is -2.30. The second kappa shape index (κ2) is 4.64. The van der Waals surface area contributed by atoms with Crippen LogP contribution >= 0.6 is 22.6 Å². The van der Waals surface area contributed by atoms with Crippen LogP contribution in [0.25, 0.3) is 0 Å². The summed E-state index contributed by atoms with van der Waals surface area (Å²) in [7, 11) is 1.37. The molecule has 0 saturated heterocycles. The van der Waals surface area contributed by atoms with E-state index in [1.165, 1.54) is 7.11 Å². The van der Waals surface area contributed by atoms with Gasteiger partial charge in [-0.2, -0.15) is 0 Å². The maximum absolute atomic E-state index is 12.0. The van der Waals surface area contributed by atoms with Crippen LogP contribution in [-0.4, -0.2) is 18.9 Å². The second-order valence-corrected chi connectivity index (χ2v) is 6.42. The number of hydrogen-bond acceptors (Lipinski definition) is 3. The largest absolute Gasteiger partial charge is 0.465 e. The fraction of sp³-hybridized carbons (Fsp3) is 0.429. The highest BCUT2D eigenvalue weighted by atomic mass is 127. The molecule has 1 aliphatic rings. The molecule has 96 valence electrons. The van der Waals surface area contributed by atoms with E-state index in [0.717, 1.165) is 21.1 Å². The van der Waals surface area contributed by atoms with Crippen LogP contribution in [0.3, 0.4) is 0 Å². The molecule has 1 aromatic rings. The molecule has 0 amide bonds. The van der Waals surface area contributed by atoms with E-state index >= 15 is 0 Å². The van der Waals surface area contributed by atoms with Crippen molar-refractivity contribution in [3.63, 3.8) is 0 Å². The Balaban J connectivity index is 2.49. The number of hydrogen-bond donors (Lipinski definition) is 0. The fourth-order valence-electron chi connectivity index (χ4n) is 2.24. The van der Waals surface area contributed by atoms with E-state index < -0.39 is 0 Å². The normalized spacial score (nSPS) is 17.2. The van der Waals surface area contributed by atoms with Gasteiger partial charge >= 0.3 is 5.97 Å². The number of esters is 1. The van der Waals surface area contributed by atoms with Gasteiger partial charge in [-0.1, -0.05) is 13.8 Å². The summed E-state index contributed by atoms with van der Waals surface area (Å²) in [6.45, 7) is 3.94. The zero-order valence-electron chi connectivity index (χ0n) is 10.7. The van der Waals surface area contributed by atoms with Gasteiger partial charge in [-0.25, -0.2) is 4.79 Å². The minimum absolute atomic E-state index is 0.229. The molecule has 0 saturated carbocycles. The number of methoxy groups -OCH3 is 1. The number of Topliss-reactive ketones (excluding diaryl/α,β-unsaturated/α-hetero) is 1. The molecule has 0 unspecified atom stereocenters. The van der Waals surface area contributed by atoms with Gasteiger partial charge in [0.25, 0.3) is 0 Å². The maximum Gasteiger partial charge on any atom is 0.338 e. The molecule has 0 N–H and O–H groups in total. The Bertz CT molecular complexity index is 532. The molecule has 0 bridgehead atoms. The lowest BCUT2D eigenvalue weighted by atomic mass is 9.73. The number of ether oxygens (including phenoxy) is 1. The van der Waals surface area contributed by atoms with Crippen molar-refractivity contribution in [1.82, 2.24) is 0 Å². The van der Waals surface area contributed by atoms with Crippen molar-refractivity contribution >= 4 is 34.3 Å². The van der Waals surface area contributed by atoms with Gasteiger partial charge in [-0.15, -0.1) is 0 Å². The smallest absolute Gasteiger partial charge is 0.338 e. The number of fused-ring (bicyclic) bond motifs is 1. The van der Waals surface area contributed by atoms with Gasteiger partial charge in [-0.05, 0) is 52.3 Å². The van der Waals surface area contributed by atoms with E-state index in [9.17, 15) is 9.59 Å². The van der Waals surface area contributed by atoms with Gasteiger partial charge in [0.05, 0.1) is 12.7 Å². The highest BCUT2D eigenvalue weighted by Crippen LogP contribution is 2.34. The Morgan fingerprint density at radius 2 is 2.00 bits per heavy atom. The van der Waals surface area contributed by atoms with Gasteiger partial charge in [-0.3, -0.25) is 4.79 Å². The molecule has 18 heavy (non-hydrogen) atoms. The van der Waals surface area contributed by atoms with Crippen LogP contribution in [0.4, 0.5) is 0 Å². The van der Waals surface area contributed by atoms with Crippen LogP contribution in [-0.2, 0) is 22.4 Å². The summed E-state index contributed by atoms with van der Waals surface area (Å²) in [5, 5.41) is 0. The topological polar surface area (TPSA) is 43.4 Å². The molecule has 3 nitrogen and oxygen atoms in total. The average molecular weight is 358 g/mol. The predicted molar refractivity (Wildman–Crippen MR) is 76.7 cm³/mol. The van der Waals surface area contributed by atoms with E-state index in [1.54, 1.807) is 6.07 Å². The van der Waals surface area contributed by atoms with Crippen LogP contribution < -0.4 is 0 Å². The van der Waals surface area contributed by atoms with E-state index in [4.69, 9.17) is 4.74 Å². The van der Waals surface area contributed by atoms with Crippen molar-refractivity contribution in [2.24, 2.45) is 5.41 Å². The Labute approximate surface area is 120 Å². The minimum atomic E-state index is -0.348. The second-order valence-electron chi connectivity index (χ2n) is 5.25. The number of halogens is 1. The summed E-state index contributed by atoms with van der Waals surface area (Å²) >= 11 is 2.14. The Kier molecular flexibility index (Phi) is 3.49. The molecule has 0 atom stereocenters. The van der Waals surface area contributed by atoms with Crippen LogP contribution in [0, 0.1) is 8.99 Å². The monoisotopic (exact) mass is 358 g/mol. The Morgan fingerprint density at radius 1 is 1.33 bits per heavy atom. The molecule has 0 spiro atoms. The number of carbonyl (C=O) groups is 2. The minimum Gasteiger partial charge on any atom is -0.465 e. The van der Waals surface area contributed by atoms with E-state index in [1.807, 2.05) is 19.9 Å². The number of ketones is 1. The van der Waals surface area contributed by atoms with Gasteiger partial charge in [0, 0.05) is 15.4 Å².